The second-order valence-corrected chi connectivity index (χ2v) is 6.83. The molecule has 1 aliphatic rings. The lowest BCUT2D eigenvalue weighted by Crippen LogP contribution is -2.35. The number of fused-ring (bicyclic) bond motifs is 1. The van der Waals surface area contributed by atoms with Gasteiger partial charge in [0.15, 0.2) is 0 Å². The standard InChI is InChI=1S/C19H22N4O/c20-13-19(9-4-1-5-10-19)12-16-22-18(23-24-16)17-15-7-3-2-6-14(15)8-11-21-17/h2-3,6-8,11H,1,4-5,9-10,12-13,20H2. The molecule has 0 spiro atoms. The maximum atomic E-state index is 6.08. The van der Waals surface area contributed by atoms with Gasteiger partial charge in [0.1, 0.15) is 5.69 Å². The van der Waals surface area contributed by atoms with Gasteiger partial charge in [-0.15, -0.1) is 0 Å². The van der Waals surface area contributed by atoms with Gasteiger partial charge in [0.25, 0.3) is 0 Å². The predicted molar refractivity (Wildman–Crippen MR) is 93.3 cm³/mol. The van der Waals surface area contributed by atoms with Crippen LogP contribution in [0, 0.1) is 5.41 Å². The van der Waals surface area contributed by atoms with E-state index in [1.165, 1.54) is 19.3 Å². The topological polar surface area (TPSA) is 77.8 Å². The zero-order valence-electron chi connectivity index (χ0n) is 13.7. The summed E-state index contributed by atoms with van der Waals surface area (Å²) >= 11 is 0. The van der Waals surface area contributed by atoms with Crippen molar-refractivity contribution in [2.45, 2.75) is 38.5 Å². The smallest absolute Gasteiger partial charge is 0.227 e. The highest BCUT2D eigenvalue weighted by molar-refractivity contribution is 5.92. The fraction of sp³-hybridized carbons (Fsp3) is 0.421. The Kier molecular flexibility index (Phi) is 4.02. The molecule has 1 saturated carbocycles. The molecular weight excluding hydrogens is 300 g/mol. The Hall–Kier alpha value is -2.27. The Morgan fingerprint density at radius 3 is 2.75 bits per heavy atom. The van der Waals surface area contributed by atoms with Gasteiger partial charge in [-0.1, -0.05) is 48.7 Å². The third-order valence-corrected chi connectivity index (χ3v) is 5.23. The molecule has 5 heteroatoms. The second-order valence-electron chi connectivity index (χ2n) is 6.83. The van der Waals surface area contributed by atoms with Crippen LogP contribution in [-0.2, 0) is 6.42 Å². The highest BCUT2D eigenvalue weighted by Crippen LogP contribution is 2.38. The summed E-state index contributed by atoms with van der Waals surface area (Å²) in [6.45, 7) is 0.678. The molecule has 24 heavy (non-hydrogen) atoms. The van der Waals surface area contributed by atoms with Crippen LogP contribution in [0.15, 0.2) is 41.1 Å². The molecule has 124 valence electrons. The van der Waals surface area contributed by atoms with Crippen molar-refractivity contribution in [2.24, 2.45) is 11.1 Å². The molecule has 1 aliphatic carbocycles. The Morgan fingerprint density at radius 2 is 1.92 bits per heavy atom. The normalized spacial score (nSPS) is 17.2. The van der Waals surface area contributed by atoms with Gasteiger partial charge in [0, 0.05) is 18.0 Å². The van der Waals surface area contributed by atoms with Gasteiger partial charge in [0.05, 0.1) is 0 Å². The van der Waals surface area contributed by atoms with E-state index in [2.05, 4.69) is 21.2 Å². The Balaban J connectivity index is 1.65. The van der Waals surface area contributed by atoms with Crippen LogP contribution in [0.4, 0.5) is 0 Å². The number of aromatic nitrogens is 3. The summed E-state index contributed by atoms with van der Waals surface area (Å²) in [6, 6.07) is 10.1. The zero-order valence-corrected chi connectivity index (χ0v) is 13.7. The average molecular weight is 322 g/mol. The van der Waals surface area contributed by atoms with E-state index < -0.39 is 0 Å². The van der Waals surface area contributed by atoms with Crippen LogP contribution in [0.3, 0.4) is 0 Å². The molecule has 0 aliphatic heterocycles. The van der Waals surface area contributed by atoms with Crippen molar-refractivity contribution in [2.75, 3.05) is 6.54 Å². The van der Waals surface area contributed by atoms with E-state index in [1.807, 2.05) is 24.3 Å². The van der Waals surface area contributed by atoms with E-state index >= 15 is 0 Å². The number of nitrogens with zero attached hydrogens (tertiary/aromatic N) is 3. The lowest BCUT2D eigenvalue weighted by molar-refractivity contribution is 0.177. The molecule has 5 nitrogen and oxygen atoms in total. The van der Waals surface area contributed by atoms with Crippen LogP contribution in [0.25, 0.3) is 22.3 Å². The molecular formula is C19H22N4O. The van der Waals surface area contributed by atoms with Crippen molar-refractivity contribution in [3.63, 3.8) is 0 Å². The highest BCUT2D eigenvalue weighted by atomic mass is 16.5. The molecule has 0 unspecified atom stereocenters. The minimum absolute atomic E-state index is 0.119. The van der Waals surface area contributed by atoms with E-state index in [1.54, 1.807) is 6.20 Å². The zero-order chi connectivity index (χ0) is 16.4. The fourth-order valence-electron chi connectivity index (χ4n) is 3.80. The number of benzene rings is 1. The van der Waals surface area contributed by atoms with Gasteiger partial charge in [-0.25, -0.2) is 0 Å². The lowest BCUT2D eigenvalue weighted by atomic mass is 9.72. The third kappa shape index (κ3) is 2.80. The van der Waals surface area contributed by atoms with Gasteiger partial charge in [0.2, 0.25) is 11.7 Å². The summed E-state index contributed by atoms with van der Waals surface area (Å²) in [5.74, 6) is 1.23. The molecule has 0 radical (unpaired) electrons. The van der Waals surface area contributed by atoms with E-state index in [4.69, 9.17) is 10.3 Å². The van der Waals surface area contributed by atoms with E-state index in [9.17, 15) is 0 Å². The van der Waals surface area contributed by atoms with Crippen LogP contribution < -0.4 is 5.73 Å². The fourth-order valence-corrected chi connectivity index (χ4v) is 3.80. The highest BCUT2D eigenvalue weighted by Gasteiger charge is 2.33. The van der Waals surface area contributed by atoms with Crippen LogP contribution >= 0.6 is 0 Å². The molecule has 0 saturated heterocycles. The maximum Gasteiger partial charge on any atom is 0.227 e. The van der Waals surface area contributed by atoms with Gasteiger partial charge in [-0.2, -0.15) is 4.98 Å². The minimum Gasteiger partial charge on any atom is -0.339 e. The van der Waals surface area contributed by atoms with E-state index in [0.29, 0.717) is 18.3 Å². The first kappa shape index (κ1) is 15.3. The van der Waals surface area contributed by atoms with Crippen LogP contribution in [-0.4, -0.2) is 21.7 Å². The van der Waals surface area contributed by atoms with Crippen molar-refractivity contribution in [1.82, 2.24) is 15.1 Å². The molecule has 0 bridgehead atoms. The third-order valence-electron chi connectivity index (χ3n) is 5.23. The molecule has 2 aromatic heterocycles. The Bertz CT molecular complexity index is 831. The summed E-state index contributed by atoms with van der Waals surface area (Å²) in [6.07, 6.45) is 8.63. The number of hydrogen-bond acceptors (Lipinski definition) is 5. The van der Waals surface area contributed by atoms with Crippen LogP contribution in [0.2, 0.25) is 0 Å². The van der Waals surface area contributed by atoms with E-state index in [-0.39, 0.29) is 5.41 Å². The summed E-state index contributed by atoms with van der Waals surface area (Å²) < 4.78 is 5.54. The molecule has 2 N–H and O–H groups in total. The van der Waals surface area contributed by atoms with Crippen molar-refractivity contribution in [3.05, 3.63) is 42.4 Å². The summed E-state index contributed by atoms with van der Waals surface area (Å²) in [4.78, 5) is 9.09. The molecule has 1 fully saturated rings. The van der Waals surface area contributed by atoms with Gasteiger partial charge >= 0.3 is 0 Å². The van der Waals surface area contributed by atoms with E-state index in [0.717, 1.165) is 35.7 Å². The van der Waals surface area contributed by atoms with Crippen LogP contribution in [0.5, 0.6) is 0 Å². The largest absolute Gasteiger partial charge is 0.339 e. The summed E-state index contributed by atoms with van der Waals surface area (Å²) in [7, 11) is 0. The SMILES string of the molecule is NCC1(Cc2nc(-c3nccc4ccccc34)no2)CCCCC1. The first-order valence-corrected chi connectivity index (χ1v) is 8.66. The number of nitrogens with two attached hydrogens (primary N) is 1. The number of pyridine rings is 1. The number of hydrogen-bond donors (Lipinski definition) is 1. The first-order valence-electron chi connectivity index (χ1n) is 8.66. The quantitative estimate of drug-likeness (QED) is 0.791. The van der Waals surface area contributed by atoms with Crippen molar-refractivity contribution in [3.8, 4) is 11.5 Å². The molecule has 0 amide bonds. The number of rotatable bonds is 4. The van der Waals surface area contributed by atoms with Gasteiger partial charge in [-0.05, 0) is 36.3 Å². The predicted octanol–water partition coefficient (Wildman–Crippen LogP) is 3.74. The van der Waals surface area contributed by atoms with Gasteiger partial charge < -0.3 is 10.3 Å². The van der Waals surface area contributed by atoms with Gasteiger partial charge in [-0.3, -0.25) is 4.98 Å². The maximum absolute atomic E-state index is 6.08. The first-order chi connectivity index (χ1) is 11.8. The second kappa shape index (κ2) is 6.32. The summed E-state index contributed by atoms with van der Waals surface area (Å²) in [5.41, 5.74) is 6.97. The lowest BCUT2D eigenvalue weighted by Gasteiger charge is -2.34. The van der Waals surface area contributed by atoms with Crippen molar-refractivity contribution >= 4 is 10.8 Å². The molecule has 3 aromatic rings. The van der Waals surface area contributed by atoms with Crippen molar-refractivity contribution < 1.29 is 4.52 Å². The monoisotopic (exact) mass is 322 g/mol. The molecule has 1 aromatic carbocycles. The molecule has 4 rings (SSSR count). The molecule has 0 atom stereocenters. The average Bonchev–Trinajstić information content (AvgIpc) is 3.10. The Labute approximate surface area is 141 Å². The summed E-state index contributed by atoms with van der Waals surface area (Å²) in [5, 5.41) is 6.34. The van der Waals surface area contributed by atoms with Crippen molar-refractivity contribution in [1.29, 1.82) is 0 Å². The van der Waals surface area contributed by atoms with Crippen LogP contribution in [0.1, 0.15) is 38.0 Å². The Morgan fingerprint density at radius 1 is 1.08 bits per heavy atom. The molecule has 2 heterocycles. The minimum atomic E-state index is 0.119.